The van der Waals surface area contributed by atoms with Crippen molar-refractivity contribution in [3.8, 4) is 0 Å². The number of likely N-dealkylation sites (tertiary alicyclic amines) is 1. The van der Waals surface area contributed by atoms with Crippen molar-refractivity contribution in [1.82, 2.24) is 19.7 Å². The van der Waals surface area contributed by atoms with Crippen LogP contribution >= 0.6 is 0 Å². The zero-order valence-electron chi connectivity index (χ0n) is 13.1. The van der Waals surface area contributed by atoms with E-state index < -0.39 is 5.60 Å². The number of rotatable bonds is 3. The third-order valence-corrected chi connectivity index (χ3v) is 4.18. The first kappa shape index (κ1) is 15.5. The number of piperidine rings is 1. The van der Waals surface area contributed by atoms with Gasteiger partial charge in [0.2, 0.25) is 0 Å². The third-order valence-electron chi connectivity index (χ3n) is 4.18. The van der Waals surface area contributed by atoms with Crippen molar-refractivity contribution < 1.29 is 14.6 Å². The second kappa shape index (κ2) is 6.37. The number of aliphatic hydroxyl groups is 1. The molecule has 1 aliphatic heterocycles. The fraction of sp³-hybridized carbons (Fsp3) is 0.438. The maximum absolute atomic E-state index is 12.1. The molecule has 2 heterocycles. The Balaban J connectivity index is 1.54. The lowest BCUT2D eigenvalue weighted by molar-refractivity contribution is -0.0344. The van der Waals surface area contributed by atoms with Gasteiger partial charge in [-0.3, -0.25) is 4.68 Å². The molecule has 0 bridgehead atoms. The van der Waals surface area contributed by atoms with E-state index in [0.29, 0.717) is 31.8 Å². The molecule has 1 amide bonds. The van der Waals surface area contributed by atoms with Gasteiger partial charge in [0.1, 0.15) is 18.5 Å². The highest BCUT2D eigenvalue weighted by Gasteiger charge is 2.39. The van der Waals surface area contributed by atoms with Crippen molar-refractivity contribution >= 4 is 6.09 Å². The van der Waals surface area contributed by atoms with Gasteiger partial charge in [-0.1, -0.05) is 30.3 Å². The smallest absolute Gasteiger partial charge is 0.410 e. The Labute approximate surface area is 134 Å². The van der Waals surface area contributed by atoms with Crippen LogP contribution in [0.1, 0.15) is 24.2 Å². The fourth-order valence-electron chi connectivity index (χ4n) is 2.81. The molecule has 1 aromatic heterocycles. The Morgan fingerprint density at radius 3 is 2.61 bits per heavy atom. The van der Waals surface area contributed by atoms with Gasteiger partial charge in [0.25, 0.3) is 0 Å². The molecule has 7 heteroatoms. The van der Waals surface area contributed by atoms with Crippen LogP contribution in [0.3, 0.4) is 0 Å². The fourth-order valence-corrected chi connectivity index (χ4v) is 2.81. The Hall–Kier alpha value is -2.41. The van der Waals surface area contributed by atoms with Crippen molar-refractivity contribution in [2.75, 3.05) is 13.1 Å². The molecule has 3 rings (SSSR count). The number of hydrogen-bond acceptors (Lipinski definition) is 5. The maximum Gasteiger partial charge on any atom is 0.410 e. The molecule has 7 nitrogen and oxygen atoms in total. The van der Waals surface area contributed by atoms with E-state index in [1.165, 1.54) is 6.33 Å². The molecule has 1 N–H and O–H groups in total. The van der Waals surface area contributed by atoms with Gasteiger partial charge in [-0.2, -0.15) is 5.10 Å². The quantitative estimate of drug-likeness (QED) is 0.926. The molecule has 0 aliphatic carbocycles. The van der Waals surface area contributed by atoms with Gasteiger partial charge < -0.3 is 14.7 Å². The minimum absolute atomic E-state index is 0.254. The predicted molar refractivity (Wildman–Crippen MR) is 82.3 cm³/mol. The van der Waals surface area contributed by atoms with Crippen LogP contribution in [0.5, 0.6) is 0 Å². The van der Waals surface area contributed by atoms with E-state index in [1.807, 2.05) is 30.3 Å². The van der Waals surface area contributed by atoms with Crippen LogP contribution in [0.15, 0.2) is 36.7 Å². The molecule has 2 aromatic rings. The highest BCUT2D eigenvalue weighted by molar-refractivity contribution is 5.67. The minimum atomic E-state index is -1.04. The Bertz CT molecular complexity index is 663. The topological polar surface area (TPSA) is 80.5 Å². The number of ether oxygens (including phenoxy) is 1. The van der Waals surface area contributed by atoms with Crippen molar-refractivity contribution in [1.29, 1.82) is 0 Å². The number of hydrogen-bond donors (Lipinski definition) is 1. The highest BCUT2D eigenvalue weighted by Crippen LogP contribution is 2.31. The van der Waals surface area contributed by atoms with Crippen LogP contribution in [0.2, 0.25) is 0 Å². The highest BCUT2D eigenvalue weighted by atomic mass is 16.6. The molecule has 0 atom stereocenters. The first-order chi connectivity index (χ1) is 11.1. The maximum atomic E-state index is 12.1. The summed E-state index contributed by atoms with van der Waals surface area (Å²) in [5.74, 6) is 0.537. The molecular weight excluding hydrogens is 296 g/mol. The molecule has 0 unspecified atom stereocenters. The predicted octanol–water partition coefficient (Wildman–Crippen LogP) is 1.44. The number of aryl methyl sites for hydroxylation is 1. The van der Waals surface area contributed by atoms with Crippen molar-refractivity contribution in [2.24, 2.45) is 7.05 Å². The van der Waals surface area contributed by atoms with E-state index in [-0.39, 0.29) is 12.7 Å². The zero-order chi connectivity index (χ0) is 16.3. The van der Waals surface area contributed by atoms with E-state index in [9.17, 15) is 9.90 Å². The van der Waals surface area contributed by atoms with E-state index >= 15 is 0 Å². The van der Waals surface area contributed by atoms with Gasteiger partial charge in [0.15, 0.2) is 5.82 Å². The SMILES string of the molecule is Cn1ncnc1C1(O)CCN(C(=O)OCc2ccccc2)CC1. The van der Waals surface area contributed by atoms with Gasteiger partial charge >= 0.3 is 6.09 Å². The number of nitrogens with zero attached hydrogens (tertiary/aromatic N) is 4. The van der Waals surface area contributed by atoms with Crippen LogP contribution < -0.4 is 0 Å². The second-order valence-corrected chi connectivity index (χ2v) is 5.77. The molecule has 0 saturated carbocycles. The molecule has 23 heavy (non-hydrogen) atoms. The van der Waals surface area contributed by atoms with E-state index in [0.717, 1.165) is 5.56 Å². The number of aromatic nitrogens is 3. The van der Waals surface area contributed by atoms with Gasteiger partial charge in [-0.15, -0.1) is 0 Å². The molecule has 1 aromatic carbocycles. The van der Waals surface area contributed by atoms with Crippen LogP contribution in [-0.2, 0) is 24.0 Å². The molecule has 0 radical (unpaired) electrons. The standard InChI is InChI=1S/C16H20N4O3/c1-19-14(17-12-18-19)16(22)7-9-20(10-8-16)15(21)23-11-13-5-3-2-4-6-13/h2-6,12,22H,7-11H2,1H3. The first-order valence-corrected chi connectivity index (χ1v) is 7.61. The lowest BCUT2D eigenvalue weighted by Crippen LogP contribution is -2.46. The van der Waals surface area contributed by atoms with Crippen LogP contribution in [0, 0.1) is 0 Å². The lowest BCUT2D eigenvalue weighted by Gasteiger charge is -2.36. The first-order valence-electron chi connectivity index (χ1n) is 7.61. The summed E-state index contributed by atoms with van der Waals surface area (Å²) in [5.41, 5.74) is -0.0880. The van der Waals surface area contributed by atoms with Crippen molar-refractivity contribution in [2.45, 2.75) is 25.0 Å². The second-order valence-electron chi connectivity index (χ2n) is 5.77. The molecular formula is C16H20N4O3. The molecule has 1 saturated heterocycles. The number of amides is 1. The summed E-state index contributed by atoms with van der Waals surface area (Å²) in [6, 6.07) is 9.56. The number of carbonyl (C=O) groups excluding carboxylic acids is 1. The van der Waals surface area contributed by atoms with Crippen LogP contribution in [0.25, 0.3) is 0 Å². The molecule has 122 valence electrons. The van der Waals surface area contributed by atoms with Gasteiger partial charge in [0.05, 0.1) is 0 Å². The Morgan fingerprint density at radius 1 is 1.30 bits per heavy atom. The van der Waals surface area contributed by atoms with E-state index in [4.69, 9.17) is 4.74 Å². The summed E-state index contributed by atoms with van der Waals surface area (Å²) in [7, 11) is 1.75. The van der Waals surface area contributed by atoms with Gasteiger partial charge in [-0.05, 0) is 5.56 Å². The average molecular weight is 316 g/mol. The Morgan fingerprint density at radius 2 is 2.00 bits per heavy atom. The van der Waals surface area contributed by atoms with E-state index in [1.54, 1.807) is 16.6 Å². The number of carbonyl (C=O) groups is 1. The minimum Gasteiger partial charge on any atom is -0.445 e. The lowest BCUT2D eigenvalue weighted by atomic mass is 9.90. The summed E-state index contributed by atoms with van der Waals surface area (Å²) in [5, 5.41) is 14.7. The normalized spacial score (nSPS) is 17.0. The third kappa shape index (κ3) is 3.34. The van der Waals surface area contributed by atoms with Gasteiger partial charge in [0, 0.05) is 33.0 Å². The molecule has 1 aliphatic rings. The largest absolute Gasteiger partial charge is 0.445 e. The summed E-state index contributed by atoms with van der Waals surface area (Å²) in [4.78, 5) is 17.9. The van der Waals surface area contributed by atoms with Crippen LogP contribution in [-0.4, -0.2) is 44.0 Å². The van der Waals surface area contributed by atoms with Gasteiger partial charge in [-0.25, -0.2) is 9.78 Å². The van der Waals surface area contributed by atoms with Crippen molar-refractivity contribution in [3.63, 3.8) is 0 Å². The summed E-state index contributed by atoms with van der Waals surface area (Å²) in [6.45, 7) is 1.11. The monoisotopic (exact) mass is 316 g/mol. The Kier molecular flexibility index (Phi) is 4.29. The summed E-state index contributed by atoms with van der Waals surface area (Å²) >= 11 is 0. The average Bonchev–Trinajstić information content (AvgIpc) is 3.01. The molecule has 1 fully saturated rings. The van der Waals surface area contributed by atoms with E-state index in [2.05, 4.69) is 10.1 Å². The summed E-state index contributed by atoms with van der Waals surface area (Å²) in [6.07, 6.45) is 1.90. The summed E-state index contributed by atoms with van der Waals surface area (Å²) < 4.78 is 6.90. The van der Waals surface area contributed by atoms with Crippen molar-refractivity contribution in [3.05, 3.63) is 48.0 Å². The zero-order valence-corrected chi connectivity index (χ0v) is 13.1. The molecule has 0 spiro atoms. The van der Waals surface area contributed by atoms with Crippen LogP contribution in [0.4, 0.5) is 4.79 Å². The number of benzene rings is 1.